The minimum absolute atomic E-state index is 0.0530. The molecule has 0 amide bonds. The fourth-order valence-electron chi connectivity index (χ4n) is 2.43. The molecule has 2 aromatic rings. The van der Waals surface area contributed by atoms with Crippen LogP contribution >= 0.6 is 0 Å². The Labute approximate surface area is 132 Å². The predicted octanol–water partition coefficient (Wildman–Crippen LogP) is 0.538. The molecule has 1 fully saturated rings. The second-order valence-corrected chi connectivity index (χ2v) is 5.31. The number of aliphatic imine (C=N–C) groups is 1. The molecule has 0 aromatic carbocycles. The topological polar surface area (TPSA) is 116 Å². The van der Waals surface area contributed by atoms with E-state index in [-0.39, 0.29) is 17.6 Å². The van der Waals surface area contributed by atoms with Crippen LogP contribution in [-0.2, 0) is 0 Å². The first-order valence-corrected chi connectivity index (χ1v) is 7.51. The molecule has 0 saturated carbocycles. The van der Waals surface area contributed by atoms with E-state index in [4.69, 9.17) is 10.1 Å². The second kappa shape index (κ2) is 7.10. The minimum Gasteiger partial charge on any atom is -0.450 e. The van der Waals surface area contributed by atoms with Crippen molar-refractivity contribution in [2.24, 2.45) is 4.99 Å². The number of ether oxygens (including phenoxy) is 1. The fourth-order valence-corrected chi connectivity index (χ4v) is 2.43. The molecule has 3 N–H and O–H groups in total. The van der Waals surface area contributed by atoms with E-state index >= 15 is 0 Å². The molecule has 0 spiro atoms. The Hall–Kier alpha value is -2.61. The molecule has 1 aliphatic rings. The number of hydrogen-bond donors (Lipinski definition) is 3. The summed E-state index contributed by atoms with van der Waals surface area (Å²) in [6, 6.07) is 1.84. The van der Waals surface area contributed by atoms with Gasteiger partial charge < -0.3 is 15.5 Å². The van der Waals surface area contributed by atoms with E-state index in [9.17, 15) is 4.79 Å². The normalized spacial score (nSPS) is 19.7. The van der Waals surface area contributed by atoms with Crippen LogP contribution in [0.4, 0.5) is 0 Å². The van der Waals surface area contributed by atoms with Gasteiger partial charge in [0.05, 0.1) is 23.1 Å². The van der Waals surface area contributed by atoms with Crippen molar-refractivity contribution < 1.29 is 4.74 Å². The van der Waals surface area contributed by atoms with Crippen molar-refractivity contribution in [2.75, 3.05) is 13.1 Å². The Balaban J connectivity index is 1.74. The second-order valence-electron chi connectivity index (χ2n) is 5.31. The lowest BCUT2D eigenvalue weighted by atomic mass is 10.1. The SMILES string of the molecule is N=CC(C=NC1CCCNC1)Oc1nc2cnccc2c(=O)[nH]1. The number of piperidine rings is 1. The van der Waals surface area contributed by atoms with Gasteiger partial charge in [0.15, 0.2) is 6.10 Å². The Morgan fingerprint density at radius 1 is 1.52 bits per heavy atom. The lowest BCUT2D eigenvalue weighted by Gasteiger charge is -2.19. The Morgan fingerprint density at radius 3 is 3.22 bits per heavy atom. The van der Waals surface area contributed by atoms with Gasteiger partial charge in [-0.15, -0.1) is 0 Å². The van der Waals surface area contributed by atoms with Crippen LogP contribution in [-0.4, -0.2) is 52.6 Å². The van der Waals surface area contributed by atoms with Gasteiger partial charge in [0.25, 0.3) is 11.6 Å². The molecule has 23 heavy (non-hydrogen) atoms. The number of aromatic nitrogens is 3. The number of aromatic amines is 1. The zero-order chi connectivity index (χ0) is 16.1. The molecule has 0 aliphatic carbocycles. The molecule has 3 heterocycles. The zero-order valence-corrected chi connectivity index (χ0v) is 12.5. The van der Waals surface area contributed by atoms with E-state index in [0.29, 0.717) is 10.9 Å². The molecule has 120 valence electrons. The summed E-state index contributed by atoms with van der Waals surface area (Å²) in [5.74, 6) is 0. The smallest absolute Gasteiger partial charge is 0.298 e. The van der Waals surface area contributed by atoms with Crippen LogP contribution in [0.1, 0.15) is 12.8 Å². The van der Waals surface area contributed by atoms with Crippen LogP contribution < -0.4 is 15.6 Å². The largest absolute Gasteiger partial charge is 0.450 e. The number of H-pyrrole nitrogens is 1. The molecule has 3 rings (SSSR count). The van der Waals surface area contributed by atoms with Crippen molar-refractivity contribution in [2.45, 2.75) is 25.0 Å². The Bertz CT molecular complexity index is 766. The first kappa shape index (κ1) is 15.3. The summed E-state index contributed by atoms with van der Waals surface area (Å²) < 4.78 is 5.54. The van der Waals surface area contributed by atoms with Crippen LogP contribution in [0, 0.1) is 5.41 Å². The van der Waals surface area contributed by atoms with Crippen molar-refractivity contribution in [3.8, 4) is 6.01 Å². The highest BCUT2D eigenvalue weighted by Gasteiger charge is 2.13. The highest BCUT2D eigenvalue weighted by Crippen LogP contribution is 2.09. The third-order valence-corrected chi connectivity index (χ3v) is 3.61. The highest BCUT2D eigenvalue weighted by atomic mass is 16.5. The van der Waals surface area contributed by atoms with Gasteiger partial charge in [-0.25, -0.2) is 0 Å². The number of pyridine rings is 1. The molecular weight excluding hydrogens is 296 g/mol. The van der Waals surface area contributed by atoms with Crippen molar-refractivity contribution >= 4 is 23.3 Å². The average Bonchev–Trinajstić information content (AvgIpc) is 2.59. The van der Waals surface area contributed by atoms with Gasteiger partial charge in [0, 0.05) is 25.2 Å². The van der Waals surface area contributed by atoms with Gasteiger partial charge in [0.1, 0.15) is 0 Å². The Kier molecular flexibility index (Phi) is 4.72. The molecule has 0 radical (unpaired) electrons. The minimum atomic E-state index is -0.672. The Morgan fingerprint density at radius 2 is 2.43 bits per heavy atom. The van der Waals surface area contributed by atoms with Gasteiger partial charge in [-0.05, 0) is 25.5 Å². The maximum absolute atomic E-state index is 12.0. The van der Waals surface area contributed by atoms with Gasteiger partial charge in [0.2, 0.25) is 0 Å². The number of hydrogen-bond acceptors (Lipinski definition) is 7. The summed E-state index contributed by atoms with van der Waals surface area (Å²) >= 11 is 0. The van der Waals surface area contributed by atoms with E-state index in [0.717, 1.165) is 32.1 Å². The fraction of sp³-hybridized carbons (Fsp3) is 0.400. The third-order valence-electron chi connectivity index (χ3n) is 3.61. The monoisotopic (exact) mass is 314 g/mol. The molecule has 2 aromatic heterocycles. The van der Waals surface area contributed by atoms with E-state index in [1.54, 1.807) is 12.3 Å². The first-order valence-electron chi connectivity index (χ1n) is 7.51. The van der Waals surface area contributed by atoms with Crippen LogP contribution in [0.2, 0.25) is 0 Å². The molecule has 2 atom stereocenters. The van der Waals surface area contributed by atoms with Gasteiger partial charge >= 0.3 is 0 Å². The van der Waals surface area contributed by atoms with Crippen molar-refractivity contribution in [1.29, 1.82) is 5.41 Å². The standard InChI is InChI=1S/C15H18N6O2/c16-6-11(8-19-10-2-1-4-17-7-10)23-15-20-13-9-18-5-3-12(13)14(22)21-15/h3,5-6,8-11,16-17H,1-2,4,7H2,(H,20,21,22). The van der Waals surface area contributed by atoms with E-state index < -0.39 is 6.10 Å². The number of nitrogens with zero attached hydrogens (tertiary/aromatic N) is 3. The molecular formula is C15H18N6O2. The van der Waals surface area contributed by atoms with Crippen LogP contribution in [0.25, 0.3) is 10.9 Å². The first-order chi connectivity index (χ1) is 11.3. The third kappa shape index (κ3) is 3.78. The van der Waals surface area contributed by atoms with Gasteiger partial charge in [-0.2, -0.15) is 4.98 Å². The van der Waals surface area contributed by atoms with E-state index in [1.807, 2.05) is 0 Å². The van der Waals surface area contributed by atoms with Crippen molar-refractivity contribution in [3.05, 3.63) is 28.8 Å². The average molecular weight is 314 g/mol. The lowest BCUT2D eigenvalue weighted by molar-refractivity contribution is 0.308. The lowest BCUT2D eigenvalue weighted by Crippen LogP contribution is -2.33. The molecule has 1 saturated heterocycles. The number of rotatable bonds is 5. The summed E-state index contributed by atoms with van der Waals surface area (Å²) in [5.41, 5.74) is 0.146. The molecule has 8 heteroatoms. The summed E-state index contributed by atoms with van der Waals surface area (Å²) in [5, 5.41) is 11.2. The van der Waals surface area contributed by atoms with Gasteiger partial charge in [-0.3, -0.25) is 19.8 Å². The maximum atomic E-state index is 12.0. The van der Waals surface area contributed by atoms with Crippen LogP contribution in [0.3, 0.4) is 0 Å². The summed E-state index contributed by atoms with van der Waals surface area (Å²) in [4.78, 5) is 27.1. The zero-order valence-electron chi connectivity index (χ0n) is 12.5. The van der Waals surface area contributed by atoms with Crippen molar-refractivity contribution in [1.82, 2.24) is 20.3 Å². The summed E-state index contributed by atoms with van der Waals surface area (Å²) in [6.45, 7) is 1.85. The van der Waals surface area contributed by atoms with Crippen LogP contribution in [0.15, 0.2) is 28.2 Å². The van der Waals surface area contributed by atoms with Crippen molar-refractivity contribution in [3.63, 3.8) is 0 Å². The highest BCUT2D eigenvalue weighted by molar-refractivity contribution is 5.85. The summed E-state index contributed by atoms with van der Waals surface area (Å²) in [7, 11) is 0. The predicted molar refractivity (Wildman–Crippen MR) is 87.7 cm³/mol. The van der Waals surface area contributed by atoms with E-state index in [2.05, 4.69) is 25.3 Å². The molecule has 1 aliphatic heterocycles. The number of fused-ring (bicyclic) bond motifs is 1. The maximum Gasteiger partial charge on any atom is 0.298 e. The van der Waals surface area contributed by atoms with Gasteiger partial charge in [-0.1, -0.05) is 0 Å². The van der Waals surface area contributed by atoms with Crippen LogP contribution in [0.5, 0.6) is 6.01 Å². The summed E-state index contributed by atoms with van der Waals surface area (Å²) in [6.07, 6.45) is 7.17. The quantitative estimate of drug-likeness (QED) is 0.696. The molecule has 2 unspecified atom stereocenters. The molecule has 8 nitrogen and oxygen atoms in total. The number of nitrogens with one attached hydrogen (secondary N) is 3. The van der Waals surface area contributed by atoms with E-state index in [1.165, 1.54) is 12.4 Å². The molecule has 0 bridgehead atoms.